The maximum absolute atomic E-state index is 12.4. The van der Waals surface area contributed by atoms with Gasteiger partial charge >= 0.3 is 18.9 Å². The Balaban J connectivity index is 0.00000242. The first-order valence-electron chi connectivity index (χ1n) is 6.52. The number of rotatable bonds is 6. The fourth-order valence-corrected chi connectivity index (χ4v) is 3.13. The molecule has 0 aliphatic heterocycles. The Morgan fingerprint density at radius 3 is 2.59 bits per heavy atom. The maximum atomic E-state index is 12.4. The van der Waals surface area contributed by atoms with Crippen molar-refractivity contribution in [1.29, 1.82) is 0 Å². The van der Waals surface area contributed by atoms with Crippen molar-refractivity contribution >= 4 is 49.9 Å². The van der Waals surface area contributed by atoms with Gasteiger partial charge in [-0.05, 0) is 51.1 Å². The van der Waals surface area contributed by atoms with E-state index in [1.165, 1.54) is 0 Å². The van der Waals surface area contributed by atoms with Gasteiger partial charge in [-0.1, -0.05) is 23.7 Å². The number of halogens is 1. The first-order valence-corrected chi connectivity index (χ1v) is 7.90. The van der Waals surface area contributed by atoms with Crippen molar-refractivity contribution in [1.82, 2.24) is 0 Å². The fourth-order valence-electron chi connectivity index (χ4n) is 1.88. The number of carbonyl (C=O) groups excluding carboxylic acids is 1. The molecule has 3 nitrogen and oxygen atoms in total. The van der Waals surface area contributed by atoms with E-state index in [0.29, 0.717) is 28.7 Å². The summed E-state index contributed by atoms with van der Waals surface area (Å²) in [6.45, 7) is 2.49. The molecule has 0 N–H and O–H groups in total. The van der Waals surface area contributed by atoms with E-state index < -0.39 is 0 Å². The summed E-state index contributed by atoms with van der Waals surface area (Å²) in [7, 11) is 1.50. The Morgan fingerprint density at radius 2 is 1.95 bits per heavy atom. The van der Waals surface area contributed by atoms with E-state index in [9.17, 15) is 4.79 Å². The summed E-state index contributed by atoms with van der Waals surface area (Å²) in [6, 6.07) is 12.6. The summed E-state index contributed by atoms with van der Waals surface area (Å²) in [5.41, 5.74) is 0.571. The predicted octanol–water partition coefficient (Wildman–Crippen LogP) is 3.24. The molecule has 22 heavy (non-hydrogen) atoms. The van der Waals surface area contributed by atoms with E-state index in [1.54, 1.807) is 25.3 Å². The molecular formula is C16H17ClLiO3P. The van der Waals surface area contributed by atoms with E-state index in [-0.39, 0.29) is 33.0 Å². The number of benzene rings is 2. The zero-order valence-corrected chi connectivity index (χ0v) is 13.6. The summed E-state index contributed by atoms with van der Waals surface area (Å²) >= 11 is 6.21. The average Bonchev–Trinajstić information content (AvgIpc) is 2.50. The molecule has 0 spiro atoms. The number of ether oxygens (including phenoxy) is 2. The third-order valence-electron chi connectivity index (χ3n) is 2.85. The van der Waals surface area contributed by atoms with Crippen LogP contribution in [0.1, 0.15) is 17.3 Å². The average molecular weight is 331 g/mol. The van der Waals surface area contributed by atoms with Gasteiger partial charge in [0.25, 0.3) is 0 Å². The third-order valence-corrected chi connectivity index (χ3v) is 4.52. The Morgan fingerprint density at radius 1 is 1.23 bits per heavy atom. The molecule has 0 aliphatic carbocycles. The molecule has 0 heterocycles. The van der Waals surface area contributed by atoms with Crippen molar-refractivity contribution < 1.29 is 14.3 Å². The minimum absolute atomic E-state index is 0. The number of para-hydroxylation sites is 1. The zero-order chi connectivity index (χ0) is 15.2. The second-order valence-electron chi connectivity index (χ2n) is 4.23. The van der Waals surface area contributed by atoms with Gasteiger partial charge in [0.1, 0.15) is 11.5 Å². The standard InChI is InChI=1S/C16H16ClO3P.Li.H/c1-3-20-11-8-9-15(13(17)10-11)21-16(18)12-6-4-5-7-14(12)19-2;;/h4-10,21H,3H2,1-2H3;;. The van der Waals surface area contributed by atoms with Crippen LogP contribution in [0.4, 0.5) is 0 Å². The van der Waals surface area contributed by atoms with Crippen LogP contribution in [0, 0.1) is 0 Å². The van der Waals surface area contributed by atoms with Crippen molar-refractivity contribution in [2.45, 2.75) is 6.92 Å². The number of carbonyl (C=O) groups is 1. The number of hydrogen-bond donors (Lipinski definition) is 0. The topological polar surface area (TPSA) is 35.5 Å². The van der Waals surface area contributed by atoms with Gasteiger partial charge in [0.2, 0.25) is 0 Å². The van der Waals surface area contributed by atoms with Crippen LogP contribution < -0.4 is 14.8 Å². The molecule has 0 saturated carbocycles. The Kier molecular flexibility index (Phi) is 8.00. The normalized spacial score (nSPS) is 10.3. The summed E-state index contributed by atoms with van der Waals surface area (Å²) in [5, 5.41) is 1.35. The number of methoxy groups -OCH3 is 1. The van der Waals surface area contributed by atoms with Crippen LogP contribution in [0.25, 0.3) is 0 Å². The van der Waals surface area contributed by atoms with Gasteiger partial charge < -0.3 is 9.47 Å². The summed E-state index contributed by atoms with van der Waals surface area (Å²) in [6.07, 6.45) is 0. The molecule has 2 aromatic rings. The van der Waals surface area contributed by atoms with Crippen molar-refractivity contribution in [3.8, 4) is 11.5 Å². The van der Waals surface area contributed by atoms with E-state index >= 15 is 0 Å². The van der Waals surface area contributed by atoms with Crippen LogP contribution >= 0.6 is 20.2 Å². The predicted molar refractivity (Wildman–Crippen MR) is 95.0 cm³/mol. The van der Waals surface area contributed by atoms with Gasteiger partial charge in [-0.3, -0.25) is 4.79 Å². The van der Waals surface area contributed by atoms with Gasteiger partial charge in [-0.15, -0.1) is 0 Å². The monoisotopic (exact) mass is 330 g/mol. The van der Waals surface area contributed by atoms with Gasteiger partial charge in [0.05, 0.1) is 24.3 Å². The molecule has 0 saturated heterocycles. The molecule has 0 fully saturated rings. The molecule has 1 unspecified atom stereocenters. The SMILES string of the molecule is CCOc1ccc(PC(=O)c2ccccc2OC)c(Cl)c1.[LiH]. The summed E-state index contributed by atoms with van der Waals surface area (Å²) in [4.78, 5) is 12.4. The second kappa shape index (κ2) is 9.23. The molecule has 112 valence electrons. The number of hydrogen-bond acceptors (Lipinski definition) is 3. The molecule has 6 heteroatoms. The van der Waals surface area contributed by atoms with Gasteiger partial charge in [-0.25, -0.2) is 0 Å². The second-order valence-corrected chi connectivity index (χ2v) is 5.88. The molecular weight excluding hydrogens is 314 g/mol. The molecule has 2 rings (SSSR count). The fraction of sp³-hybridized carbons (Fsp3) is 0.188. The van der Waals surface area contributed by atoms with Crippen LogP contribution in [0.3, 0.4) is 0 Å². The van der Waals surface area contributed by atoms with Crippen molar-refractivity contribution in [2.24, 2.45) is 0 Å². The van der Waals surface area contributed by atoms with Crippen LogP contribution in [0.15, 0.2) is 42.5 Å². The Hall–Kier alpha value is -0.973. The van der Waals surface area contributed by atoms with Crippen molar-refractivity contribution in [2.75, 3.05) is 13.7 Å². The quantitative estimate of drug-likeness (QED) is 0.602. The first-order chi connectivity index (χ1) is 10.2. The Bertz CT molecular complexity index is 649. The minimum atomic E-state index is -0.0540. The molecule has 1 atom stereocenters. The van der Waals surface area contributed by atoms with Crippen LogP contribution in [-0.4, -0.2) is 38.1 Å². The van der Waals surface area contributed by atoms with Crippen LogP contribution in [-0.2, 0) is 0 Å². The zero-order valence-electron chi connectivity index (χ0n) is 11.9. The molecule has 2 aromatic carbocycles. The molecule has 0 radical (unpaired) electrons. The van der Waals surface area contributed by atoms with Gasteiger partial charge in [-0.2, -0.15) is 0 Å². The molecule has 0 aromatic heterocycles. The first kappa shape index (κ1) is 19.1. The summed E-state index contributed by atoms with van der Waals surface area (Å²) in [5.74, 6) is 1.29. The third kappa shape index (κ3) is 4.76. The van der Waals surface area contributed by atoms with E-state index in [1.807, 2.05) is 31.2 Å². The molecule has 0 amide bonds. The van der Waals surface area contributed by atoms with Gasteiger partial charge in [0, 0.05) is 0 Å². The summed E-state index contributed by atoms with van der Waals surface area (Å²) < 4.78 is 10.6. The van der Waals surface area contributed by atoms with E-state index in [2.05, 4.69) is 0 Å². The van der Waals surface area contributed by atoms with E-state index in [0.717, 1.165) is 5.30 Å². The molecule has 0 bridgehead atoms. The van der Waals surface area contributed by atoms with Crippen LogP contribution in [0.5, 0.6) is 11.5 Å². The van der Waals surface area contributed by atoms with Crippen LogP contribution in [0.2, 0.25) is 5.02 Å². The molecule has 0 aliphatic rings. The van der Waals surface area contributed by atoms with Crippen molar-refractivity contribution in [3.63, 3.8) is 0 Å². The van der Waals surface area contributed by atoms with Crippen molar-refractivity contribution in [3.05, 3.63) is 53.1 Å². The van der Waals surface area contributed by atoms with E-state index in [4.69, 9.17) is 21.1 Å². The van der Waals surface area contributed by atoms with Gasteiger partial charge in [0.15, 0.2) is 5.52 Å². The Labute approximate surface area is 149 Å².